The lowest BCUT2D eigenvalue weighted by atomic mass is 10.1. The lowest BCUT2D eigenvalue weighted by Crippen LogP contribution is -2.18. The van der Waals surface area contributed by atoms with Crippen LogP contribution in [-0.4, -0.2) is 19.6 Å². The lowest BCUT2D eigenvalue weighted by Gasteiger charge is -2.12. The van der Waals surface area contributed by atoms with Crippen molar-refractivity contribution in [3.8, 4) is 0 Å². The predicted molar refractivity (Wildman–Crippen MR) is 71.1 cm³/mol. The number of rotatable bonds is 4. The quantitative estimate of drug-likeness (QED) is 0.893. The standard InChI is InChI=1S/C13H21N5/c1-9-12(7-17(4)15-9)6-14-10(2)13-8-18(5)16-11(13)3/h7-8,10,14H,6H2,1-5H3. The average Bonchev–Trinajstić information content (AvgIpc) is 2.78. The van der Waals surface area contributed by atoms with E-state index in [9.17, 15) is 0 Å². The van der Waals surface area contributed by atoms with Gasteiger partial charge in [0.1, 0.15) is 0 Å². The number of nitrogens with one attached hydrogen (secondary N) is 1. The van der Waals surface area contributed by atoms with E-state index in [4.69, 9.17) is 0 Å². The summed E-state index contributed by atoms with van der Waals surface area (Å²) in [6.07, 6.45) is 4.13. The molecule has 1 unspecified atom stereocenters. The zero-order valence-electron chi connectivity index (χ0n) is 11.7. The van der Waals surface area contributed by atoms with Gasteiger partial charge in [0.15, 0.2) is 0 Å². The monoisotopic (exact) mass is 247 g/mol. The van der Waals surface area contributed by atoms with Crippen molar-refractivity contribution in [1.82, 2.24) is 24.9 Å². The molecule has 0 saturated carbocycles. The molecule has 1 N–H and O–H groups in total. The van der Waals surface area contributed by atoms with Crippen LogP contribution in [0.25, 0.3) is 0 Å². The van der Waals surface area contributed by atoms with E-state index in [2.05, 4.69) is 34.8 Å². The molecule has 0 saturated heterocycles. The van der Waals surface area contributed by atoms with Gasteiger partial charge in [0, 0.05) is 50.2 Å². The Kier molecular flexibility index (Phi) is 3.52. The van der Waals surface area contributed by atoms with Gasteiger partial charge in [-0.05, 0) is 20.8 Å². The zero-order chi connectivity index (χ0) is 13.3. The first-order chi connectivity index (χ1) is 8.47. The summed E-state index contributed by atoms with van der Waals surface area (Å²) >= 11 is 0. The molecule has 0 amide bonds. The maximum Gasteiger partial charge on any atom is 0.0641 e. The molecule has 0 fully saturated rings. The summed E-state index contributed by atoms with van der Waals surface area (Å²) in [5.74, 6) is 0. The smallest absolute Gasteiger partial charge is 0.0641 e. The van der Waals surface area contributed by atoms with E-state index in [1.165, 1.54) is 11.1 Å². The van der Waals surface area contributed by atoms with Crippen LogP contribution in [0.4, 0.5) is 0 Å². The third-order valence-corrected chi connectivity index (χ3v) is 3.23. The van der Waals surface area contributed by atoms with Crippen LogP contribution < -0.4 is 5.32 Å². The van der Waals surface area contributed by atoms with Gasteiger partial charge in [-0.15, -0.1) is 0 Å². The first-order valence-corrected chi connectivity index (χ1v) is 6.20. The molecule has 0 spiro atoms. The Morgan fingerprint density at radius 1 is 1.11 bits per heavy atom. The number of aromatic nitrogens is 4. The molecule has 5 heteroatoms. The number of nitrogens with zero attached hydrogens (tertiary/aromatic N) is 4. The highest BCUT2D eigenvalue weighted by atomic mass is 15.3. The molecule has 2 heterocycles. The summed E-state index contributed by atoms with van der Waals surface area (Å²) in [5.41, 5.74) is 4.66. The van der Waals surface area contributed by atoms with Crippen LogP contribution in [0.1, 0.15) is 35.5 Å². The average molecular weight is 247 g/mol. The van der Waals surface area contributed by atoms with Gasteiger partial charge in [-0.3, -0.25) is 9.36 Å². The van der Waals surface area contributed by atoms with E-state index in [0.717, 1.165) is 17.9 Å². The highest BCUT2D eigenvalue weighted by molar-refractivity contribution is 5.20. The molecule has 2 rings (SSSR count). The van der Waals surface area contributed by atoms with Gasteiger partial charge in [0.25, 0.3) is 0 Å². The summed E-state index contributed by atoms with van der Waals surface area (Å²) in [7, 11) is 3.90. The molecule has 0 bridgehead atoms. The Morgan fingerprint density at radius 2 is 1.72 bits per heavy atom. The van der Waals surface area contributed by atoms with E-state index < -0.39 is 0 Å². The third kappa shape index (κ3) is 2.61. The van der Waals surface area contributed by atoms with Gasteiger partial charge in [-0.2, -0.15) is 10.2 Å². The highest BCUT2D eigenvalue weighted by Crippen LogP contribution is 2.16. The van der Waals surface area contributed by atoms with Gasteiger partial charge in [0.05, 0.1) is 11.4 Å². The van der Waals surface area contributed by atoms with Crippen molar-refractivity contribution in [1.29, 1.82) is 0 Å². The number of aryl methyl sites for hydroxylation is 4. The third-order valence-electron chi connectivity index (χ3n) is 3.23. The Hall–Kier alpha value is -1.62. The molecule has 0 aliphatic rings. The molecule has 0 aliphatic carbocycles. The first-order valence-electron chi connectivity index (χ1n) is 6.20. The van der Waals surface area contributed by atoms with Crippen LogP contribution in [-0.2, 0) is 20.6 Å². The van der Waals surface area contributed by atoms with Gasteiger partial charge in [0.2, 0.25) is 0 Å². The first kappa shape index (κ1) is 12.8. The molecule has 0 aromatic carbocycles. The van der Waals surface area contributed by atoms with Gasteiger partial charge in [-0.1, -0.05) is 0 Å². The topological polar surface area (TPSA) is 47.7 Å². The second kappa shape index (κ2) is 4.94. The lowest BCUT2D eigenvalue weighted by molar-refractivity contribution is 0.570. The molecule has 0 radical (unpaired) electrons. The van der Waals surface area contributed by atoms with Crippen molar-refractivity contribution in [3.05, 3.63) is 34.9 Å². The van der Waals surface area contributed by atoms with Crippen LogP contribution in [0.15, 0.2) is 12.4 Å². The summed E-state index contributed by atoms with van der Waals surface area (Å²) in [6, 6.07) is 0.290. The fraction of sp³-hybridized carbons (Fsp3) is 0.538. The van der Waals surface area contributed by atoms with Crippen molar-refractivity contribution in [3.63, 3.8) is 0 Å². The molecule has 2 aromatic rings. The van der Waals surface area contributed by atoms with E-state index in [1.807, 2.05) is 37.3 Å². The van der Waals surface area contributed by atoms with Gasteiger partial charge >= 0.3 is 0 Å². The predicted octanol–water partition coefficient (Wildman–Crippen LogP) is 1.62. The molecule has 5 nitrogen and oxygen atoms in total. The molecular weight excluding hydrogens is 226 g/mol. The van der Waals surface area contributed by atoms with Crippen molar-refractivity contribution < 1.29 is 0 Å². The minimum atomic E-state index is 0.290. The van der Waals surface area contributed by atoms with Crippen LogP contribution in [0, 0.1) is 13.8 Å². The second-order valence-corrected chi connectivity index (χ2v) is 4.86. The Bertz CT molecular complexity index is 538. The van der Waals surface area contributed by atoms with E-state index >= 15 is 0 Å². The van der Waals surface area contributed by atoms with Gasteiger partial charge < -0.3 is 5.32 Å². The largest absolute Gasteiger partial charge is 0.306 e. The summed E-state index contributed by atoms with van der Waals surface area (Å²) in [5, 5.41) is 12.2. The van der Waals surface area contributed by atoms with Crippen LogP contribution in [0.5, 0.6) is 0 Å². The minimum Gasteiger partial charge on any atom is -0.306 e. The number of hydrogen-bond acceptors (Lipinski definition) is 3. The molecule has 2 aromatic heterocycles. The Balaban J connectivity index is 2.02. The summed E-state index contributed by atoms with van der Waals surface area (Å²) in [6.45, 7) is 7.07. The van der Waals surface area contributed by atoms with Crippen molar-refractivity contribution >= 4 is 0 Å². The highest BCUT2D eigenvalue weighted by Gasteiger charge is 2.12. The summed E-state index contributed by atoms with van der Waals surface area (Å²) in [4.78, 5) is 0. The van der Waals surface area contributed by atoms with Crippen LogP contribution >= 0.6 is 0 Å². The summed E-state index contributed by atoms with van der Waals surface area (Å²) < 4.78 is 3.71. The van der Waals surface area contributed by atoms with Crippen LogP contribution in [0.2, 0.25) is 0 Å². The maximum absolute atomic E-state index is 4.37. The second-order valence-electron chi connectivity index (χ2n) is 4.86. The van der Waals surface area contributed by atoms with Gasteiger partial charge in [-0.25, -0.2) is 0 Å². The van der Waals surface area contributed by atoms with E-state index in [1.54, 1.807) is 0 Å². The zero-order valence-corrected chi connectivity index (χ0v) is 11.7. The minimum absolute atomic E-state index is 0.290. The van der Waals surface area contributed by atoms with Crippen molar-refractivity contribution in [2.24, 2.45) is 14.1 Å². The van der Waals surface area contributed by atoms with E-state index in [-0.39, 0.29) is 0 Å². The van der Waals surface area contributed by atoms with E-state index in [0.29, 0.717) is 6.04 Å². The molecular formula is C13H21N5. The van der Waals surface area contributed by atoms with Crippen molar-refractivity contribution in [2.45, 2.75) is 33.4 Å². The normalized spacial score (nSPS) is 12.9. The SMILES string of the molecule is Cc1nn(C)cc1CNC(C)c1cn(C)nc1C. The molecule has 1 atom stereocenters. The fourth-order valence-electron chi connectivity index (χ4n) is 2.24. The fourth-order valence-corrected chi connectivity index (χ4v) is 2.24. The Labute approximate surface area is 108 Å². The molecule has 98 valence electrons. The molecule has 0 aliphatic heterocycles. The molecule has 18 heavy (non-hydrogen) atoms. The number of hydrogen-bond donors (Lipinski definition) is 1. The maximum atomic E-state index is 4.37. The van der Waals surface area contributed by atoms with Crippen molar-refractivity contribution in [2.75, 3.05) is 0 Å². The Morgan fingerprint density at radius 3 is 2.22 bits per heavy atom. The van der Waals surface area contributed by atoms with Crippen LogP contribution in [0.3, 0.4) is 0 Å².